The van der Waals surface area contributed by atoms with Crippen LogP contribution in [0.15, 0.2) is 24.3 Å². The Kier molecular flexibility index (Phi) is 3.80. The minimum atomic E-state index is -2.94. The van der Waals surface area contributed by atoms with Gasteiger partial charge in [0, 0.05) is 19.1 Å². The normalized spacial score (nSPS) is 28.0. The Bertz CT molecular complexity index is 538. The van der Waals surface area contributed by atoms with Crippen molar-refractivity contribution in [2.75, 3.05) is 13.1 Å². The van der Waals surface area contributed by atoms with Crippen molar-refractivity contribution >= 4 is 5.91 Å². The minimum absolute atomic E-state index is 0.0705. The summed E-state index contributed by atoms with van der Waals surface area (Å²) in [7, 11) is 0. The van der Waals surface area contributed by atoms with Gasteiger partial charge in [-0.2, -0.15) is 8.78 Å². The average Bonchev–Trinajstić information content (AvgIpc) is 3.01. The predicted octanol–water partition coefficient (Wildman–Crippen LogP) is 2.10. The number of hydrogen-bond acceptors (Lipinski definition) is 3. The Morgan fingerprint density at radius 1 is 1.29 bits per heavy atom. The van der Waals surface area contributed by atoms with Crippen molar-refractivity contribution in [2.24, 2.45) is 17.6 Å². The van der Waals surface area contributed by atoms with E-state index in [4.69, 9.17) is 5.73 Å². The van der Waals surface area contributed by atoms with E-state index in [1.54, 1.807) is 17.0 Å². The third kappa shape index (κ3) is 2.72. The number of alkyl halides is 2. The molecule has 4 nitrogen and oxygen atoms in total. The van der Waals surface area contributed by atoms with Crippen LogP contribution in [0.5, 0.6) is 5.75 Å². The van der Waals surface area contributed by atoms with Gasteiger partial charge in [0.15, 0.2) is 0 Å². The summed E-state index contributed by atoms with van der Waals surface area (Å²) in [6.45, 7) is -1.68. The molecule has 1 saturated carbocycles. The maximum absolute atomic E-state index is 12.5. The SMILES string of the molecule is NC1CCC2CN(C(=O)c3ccccc3OC(F)F)CC12. The standard InChI is InChI=1S/C15H18F2N2O2/c16-15(17)21-13-4-2-1-3-10(13)14(20)19-7-9-5-6-12(18)11(9)8-19/h1-4,9,11-12,15H,5-8,18H2. The van der Waals surface area contributed by atoms with E-state index in [0.717, 1.165) is 12.8 Å². The lowest BCUT2D eigenvalue weighted by atomic mass is 9.98. The number of hydrogen-bond donors (Lipinski definition) is 1. The lowest BCUT2D eigenvalue weighted by Gasteiger charge is -2.20. The van der Waals surface area contributed by atoms with Crippen molar-refractivity contribution in [3.05, 3.63) is 29.8 Å². The van der Waals surface area contributed by atoms with Gasteiger partial charge in [-0.05, 0) is 36.8 Å². The number of nitrogens with zero attached hydrogens (tertiary/aromatic N) is 1. The summed E-state index contributed by atoms with van der Waals surface area (Å²) in [6.07, 6.45) is 2.03. The second-order valence-corrected chi connectivity index (χ2v) is 5.75. The first kappa shape index (κ1) is 14.3. The molecule has 114 valence electrons. The first-order chi connectivity index (χ1) is 10.1. The van der Waals surface area contributed by atoms with Crippen LogP contribution in [-0.2, 0) is 0 Å². The smallest absolute Gasteiger partial charge is 0.387 e. The van der Waals surface area contributed by atoms with Gasteiger partial charge in [0.05, 0.1) is 5.56 Å². The Hall–Kier alpha value is -1.69. The van der Waals surface area contributed by atoms with E-state index in [1.165, 1.54) is 12.1 Å². The van der Waals surface area contributed by atoms with Crippen LogP contribution in [0.4, 0.5) is 8.78 Å². The Labute approximate surface area is 121 Å². The fourth-order valence-corrected chi connectivity index (χ4v) is 3.49. The van der Waals surface area contributed by atoms with Crippen LogP contribution < -0.4 is 10.5 Å². The predicted molar refractivity (Wildman–Crippen MR) is 73.2 cm³/mol. The molecule has 0 bridgehead atoms. The number of rotatable bonds is 3. The van der Waals surface area contributed by atoms with Crippen LogP contribution in [0.2, 0.25) is 0 Å². The molecule has 1 saturated heterocycles. The van der Waals surface area contributed by atoms with Gasteiger partial charge in [-0.25, -0.2) is 0 Å². The van der Waals surface area contributed by atoms with Gasteiger partial charge in [-0.3, -0.25) is 4.79 Å². The molecule has 2 fully saturated rings. The highest BCUT2D eigenvalue weighted by Crippen LogP contribution is 2.38. The molecule has 2 aliphatic rings. The maximum Gasteiger partial charge on any atom is 0.387 e. The van der Waals surface area contributed by atoms with Gasteiger partial charge < -0.3 is 15.4 Å². The van der Waals surface area contributed by atoms with Crippen LogP contribution in [0, 0.1) is 11.8 Å². The first-order valence-electron chi connectivity index (χ1n) is 7.15. The summed E-state index contributed by atoms with van der Waals surface area (Å²) < 4.78 is 29.3. The molecule has 3 rings (SSSR count). The number of nitrogens with two attached hydrogens (primary N) is 1. The van der Waals surface area contributed by atoms with E-state index in [9.17, 15) is 13.6 Å². The molecule has 1 aliphatic heterocycles. The quantitative estimate of drug-likeness (QED) is 0.929. The van der Waals surface area contributed by atoms with E-state index in [2.05, 4.69) is 4.74 Å². The summed E-state index contributed by atoms with van der Waals surface area (Å²) in [5, 5.41) is 0. The number of amides is 1. The highest BCUT2D eigenvalue weighted by molar-refractivity contribution is 5.97. The van der Waals surface area contributed by atoms with Crippen molar-refractivity contribution in [2.45, 2.75) is 25.5 Å². The number of ether oxygens (including phenoxy) is 1. The number of carbonyl (C=O) groups is 1. The van der Waals surface area contributed by atoms with Crippen molar-refractivity contribution < 1.29 is 18.3 Å². The molecule has 21 heavy (non-hydrogen) atoms. The zero-order valence-electron chi connectivity index (χ0n) is 11.5. The summed E-state index contributed by atoms with van der Waals surface area (Å²) in [5.41, 5.74) is 6.24. The van der Waals surface area contributed by atoms with Crippen molar-refractivity contribution in [1.29, 1.82) is 0 Å². The third-order valence-electron chi connectivity index (χ3n) is 4.53. The van der Waals surface area contributed by atoms with Gasteiger partial charge in [0.25, 0.3) is 5.91 Å². The van der Waals surface area contributed by atoms with E-state index >= 15 is 0 Å². The van der Waals surface area contributed by atoms with Crippen molar-refractivity contribution in [3.8, 4) is 5.75 Å². The lowest BCUT2D eigenvalue weighted by molar-refractivity contribution is -0.0502. The number of carbonyl (C=O) groups excluding carboxylic acids is 1. The average molecular weight is 296 g/mol. The van der Waals surface area contributed by atoms with Crippen LogP contribution in [0.3, 0.4) is 0 Å². The Balaban J connectivity index is 1.77. The van der Waals surface area contributed by atoms with Crippen molar-refractivity contribution in [1.82, 2.24) is 4.90 Å². The molecule has 3 atom stereocenters. The largest absolute Gasteiger partial charge is 0.434 e. The number of fused-ring (bicyclic) bond motifs is 1. The van der Waals surface area contributed by atoms with Gasteiger partial charge in [0.1, 0.15) is 5.75 Å². The first-order valence-corrected chi connectivity index (χ1v) is 7.15. The van der Waals surface area contributed by atoms with E-state index in [0.29, 0.717) is 24.9 Å². The maximum atomic E-state index is 12.5. The van der Waals surface area contributed by atoms with E-state index < -0.39 is 6.61 Å². The monoisotopic (exact) mass is 296 g/mol. The van der Waals surface area contributed by atoms with E-state index in [1.807, 2.05) is 0 Å². The van der Waals surface area contributed by atoms with Crippen molar-refractivity contribution in [3.63, 3.8) is 0 Å². The summed E-state index contributed by atoms with van der Waals surface area (Å²) in [5.74, 6) is 0.441. The van der Waals surface area contributed by atoms with Crippen LogP contribution in [0.25, 0.3) is 0 Å². The number of likely N-dealkylation sites (tertiary alicyclic amines) is 1. The third-order valence-corrected chi connectivity index (χ3v) is 4.53. The van der Waals surface area contributed by atoms with Gasteiger partial charge in [-0.1, -0.05) is 12.1 Å². The van der Waals surface area contributed by atoms with Crippen LogP contribution >= 0.6 is 0 Å². The molecule has 0 spiro atoms. The summed E-state index contributed by atoms with van der Waals surface area (Å²) in [4.78, 5) is 14.3. The van der Waals surface area contributed by atoms with Crippen LogP contribution in [-0.4, -0.2) is 36.5 Å². The number of halogens is 2. The number of para-hydroxylation sites is 1. The molecule has 2 N–H and O–H groups in total. The van der Waals surface area contributed by atoms with Gasteiger partial charge in [0.2, 0.25) is 0 Å². The molecule has 3 unspecified atom stereocenters. The summed E-state index contributed by atoms with van der Waals surface area (Å²) >= 11 is 0. The highest BCUT2D eigenvalue weighted by Gasteiger charge is 2.42. The highest BCUT2D eigenvalue weighted by atomic mass is 19.3. The summed E-state index contributed by atoms with van der Waals surface area (Å²) in [6, 6.07) is 6.27. The van der Waals surface area contributed by atoms with Gasteiger partial charge >= 0.3 is 6.61 Å². The van der Waals surface area contributed by atoms with E-state index in [-0.39, 0.29) is 23.3 Å². The topological polar surface area (TPSA) is 55.6 Å². The minimum Gasteiger partial charge on any atom is -0.434 e. The lowest BCUT2D eigenvalue weighted by Crippen LogP contribution is -2.33. The molecular weight excluding hydrogens is 278 g/mol. The Morgan fingerprint density at radius 2 is 2.05 bits per heavy atom. The fraction of sp³-hybridized carbons (Fsp3) is 0.533. The number of benzene rings is 1. The molecule has 1 aromatic carbocycles. The molecule has 0 radical (unpaired) electrons. The fourth-order valence-electron chi connectivity index (χ4n) is 3.49. The molecule has 1 heterocycles. The molecular formula is C15H18F2N2O2. The molecule has 1 amide bonds. The Morgan fingerprint density at radius 3 is 2.76 bits per heavy atom. The molecule has 1 aromatic rings. The zero-order chi connectivity index (χ0) is 15.0. The van der Waals surface area contributed by atoms with Crippen LogP contribution in [0.1, 0.15) is 23.2 Å². The van der Waals surface area contributed by atoms with Gasteiger partial charge in [-0.15, -0.1) is 0 Å². The zero-order valence-corrected chi connectivity index (χ0v) is 11.5. The second kappa shape index (κ2) is 5.60. The molecule has 0 aromatic heterocycles. The molecule has 6 heteroatoms. The second-order valence-electron chi connectivity index (χ2n) is 5.75. The molecule has 1 aliphatic carbocycles.